The van der Waals surface area contributed by atoms with Crippen LogP contribution in [0, 0.1) is 0 Å². The third-order valence-corrected chi connectivity index (χ3v) is 4.97. The average Bonchev–Trinajstić information content (AvgIpc) is 2.73. The summed E-state index contributed by atoms with van der Waals surface area (Å²) in [5, 5.41) is 12.7. The molecule has 1 atom stereocenters. The molecule has 0 aliphatic heterocycles. The summed E-state index contributed by atoms with van der Waals surface area (Å²) < 4.78 is 5.78. The predicted octanol–water partition coefficient (Wildman–Crippen LogP) is 5.16. The van der Waals surface area contributed by atoms with Gasteiger partial charge in [0.15, 0.2) is 0 Å². The van der Waals surface area contributed by atoms with Crippen molar-refractivity contribution in [1.29, 1.82) is 0 Å². The van der Waals surface area contributed by atoms with E-state index in [1.54, 1.807) is 49.5 Å². The van der Waals surface area contributed by atoms with Crippen molar-refractivity contribution in [3.63, 3.8) is 0 Å². The van der Waals surface area contributed by atoms with Gasteiger partial charge in [-0.1, -0.05) is 35.3 Å². The number of rotatable bonds is 7. The van der Waals surface area contributed by atoms with Crippen molar-refractivity contribution in [3.05, 3.63) is 93.2 Å². The van der Waals surface area contributed by atoms with Crippen molar-refractivity contribution in [2.24, 2.45) is 0 Å². The van der Waals surface area contributed by atoms with Crippen molar-refractivity contribution in [1.82, 2.24) is 10.3 Å². The highest BCUT2D eigenvalue weighted by Crippen LogP contribution is 2.26. The smallest absolute Gasteiger partial charge is 0.335 e. The van der Waals surface area contributed by atoms with Gasteiger partial charge < -0.3 is 15.2 Å². The summed E-state index contributed by atoms with van der Waals surface area (Å²) in [7, 11) is 0. The van der Waals surface area contributed by atoms with Gasteiger partial charge in [0, 0.05) is 11.2 Å². The second kappa shape index (κ2) is 9.61. The zero-order valence-electron chi connectivity index (χ0n) is 15.9. The van der Waals surface area contributed by atoms with Crippen LogP contribution in [0.25, 0.3) is 0 Å². The molecule has 0 spiro atoms. The Morgan fingerprint density at radius 2 is 1.87 bits per heavy atom. The van der Waals surface area contributed by atoms with Gasteiger partial charge in [-0.15, -0.1) is 0 Å². The molecular weight excluding hydrogens is 427 g/mol. The maximum atomic E-state index is 12.9. The summed E-state index contributed by atoms with van der Waals surface area (Å²) in [6.45, 7) is 1.89. The molecule has 0 bridgehead atoms. The Bertz CT molecular complexity index is 1070. The second-order valence-electron chi connectivity index (χ2n) is 6.48. The first kappa shape index (κ1) is 21.6. The molecule has 6 nitrogen and oxygen atoms in total. The fourth-order valence-corrected chi connectivity index (χ4v) is 3.10. The van der Waals surface area contributed by atoms with E-state index in [9.17, 15) is 9.59 Å². The molecule has 30 heavy (non-hydrogen) atoms. The highest BCUT2D eigenvalue weighted by atomic mass is 35.5. The Morgan fingerprint density at radius 1 is 1.13 bits per heavy atom. The van der Waals surface area contributed by atoms with E-state index in [4.69, 9.17) is 33.0 Å². The molecule has 8 heteroatoms. The third-order valence-electron chi connectivity index (χ3n) is 4.39. The number of aromatic nitrogens is 1. The SMILES string of the molecule is C[C@H](NC(=O)c1cc(Cl)ccc1OCc1ncccc1Cl)c1ccc(C(=O)O)cc1. The van der Waals surface area contributed by atoms with Crippen LogP contribution in [0.15, 0.2) is 60.8 Å². The lowest BCUT2D eigenvalue weighted by Gasteiger charge is -2.17. The first-order valence-corrected chi connectivity index (χ1v) is 9.76. The molecule has 1 aromatic heterocycles. The molecule has 154 valence electrons. The Kier molecular flexibility index (Phi) is 6.92. The largest absolute Gasteiger partial charge is 0.486 e. The number of hydrogen-bond acceptors (Lipinski definition) is 4. The molecule has 1 amide bonds. The topological polar surface area (TPSA) is 88.5 Å². The Hall–Kier alpha value is -3.09. The second-order valence-corrected chi connectivity index (χ2v) is 7.33. The van der Waals surface area contributed by atoms with Gasteiger partial charge in [-0.25, -0.2) is 4.79 Å². The van der Waals surface area contributed by atoms with E-state index in [1.807, 2.05) is 0 Å². The van der Waals surface area contributed by atoms with Gasteiger partial charge in [-0.3, -0.25) is 9.78 Å². The molecule has 0 aliphatic carbocycles. The van der Waals surface area contributed by atoms with Crippen molar-refractivity contribution in [2.75, 3.05) is 0 Å². The number of amides is 1. The quantitative estimate of drug-likeness (QED) is 0.525. The zero-order valence-corrected chi connectivity index (χ0v) is 17.4. The van der Waals surface area contributed by atoms with E-state index in [2.05, 4.69) is 10.3 Å². The van der Waals surface area contributed by atoms with Crippen molar-refractivity contribution < 1.29 is 19.4 Å². The average molecular weight is 445 g/mol. The number of nitrogens with zero attached hydrogens (tertiary/aromatic N) is 1. The maximum absolute atomic E-state index is 12.9. The number of carboxylic acids is 1. The Morgan fingerprint density at radius 3 is 2.53 bits per heavy atom. The summed E-state index contributed by atoms with van der Waals surface area (Å²) in [5.74, 6) is -1.05. The van der Waals surface area contributed by atoms with Crippen molar-refractivity contribution in [2.45, 2.75) is 19.6 Å². The fraction of sp³-hybridized carbons (Fsp3) is 0.136. The van der Waals surface area contributed by atoms with Gasteiger partial charge in [0.05, 0.1) is 27.9 Å². The normalized spacial score (nSPS) is 11.6. The molecule has 0 radical (unpaired) electrons. The standard InChI is InChI=1S/C22H18Cl2N2O4/c1-13(14-4-6-15(7-5-14)22(28)29)26-21(27)17-11-16(23)8-9-20(17)30-12-19-18(24)3-2-10-25-19/h2-11,13H,12H2,1H3,(H,26,27)(H,28,29)/t13-/m0/s1. The van der Waals surface area contributed by atoms with Crippen LogP contribution in [0.5, 0.6) is 5.75 Å². The highest BCUT2D eigenvalue weighted by molar-refractivity contribution is 6.31. The van der Waals surface area contributed by atoms with Crippen LogP contribution < -0.4 is 10.1 Å². The van der Waals surface area contributed by atoms with Crippen molar-refractivity contribution in [3.8, 4) is 5.75 Å². The number of carboxylic acid groups (broad SMARTS) is 1. The number of pyridine rings is 1. The number of carbonyl (C=O) groups is 2. The van der Waals surface area contributed by atoms with E-state index in [0.717, 1.165) is 5.56 Å². The van der Waals surface area contributed by atoms with E-state index in [-0.39, 0.29) is 29.7 Å². The van der Waals surface area contributed by atoms with Gasteiger partial charge in [-0.2, -0.15) is 0 Å². The van der Waals surface area contributed by atoms with E-state index >= 15 is 0 Å². The van der Waals surface area contributed by atoms with Gasteiger partial charge in [0.25, 0.3) is 5.91 Å². The van der Waals surface area contributed by atoms with Crippen LogP contribution in [0.4, 0.5) is 0 Å². The monoisotopic (exact) mass is 444 g/mol. The van der Waals surface area contributed by atoms with Gasteiger partial charge in [-0.05, 0) is 55.0 Å². The number of halogens is 2. The predicted molar refractivity (Wildman–Crippen MR) is 114 cm³/mol. The lowest BCUT2D eigenvalue weighted by Crippen LogP contribution is -2.27. The zero-order chi connectivity index (χ0) is 21.7. The summed E-state index contributed by atoms with van der Waals surface area (Å²) in [6, 6.07) is 14.1. The number of carbonyl (C=O) groups excluding carboxylic acids is 1. The molecule has 0 fully saturated rings. The summed E-state index contributed by atoms with van der Waals surface area (Å²) in [5.41, 5.74) is 1.75. The first-order valence-electron chi connectivity index (χ1n) is 9.01. The van der Waals surface area contributed by atoms with E-state index < -0.39 is 5.97 Å². The number of hydrogen-bond donors (Lipinski definition) is 2. The fourth-order valence-electron chi connectivity index (χ4n) is 2.75. The van der Waals surface area contributed by atoms with Crippen LogP contribution in [0.2, 0.25) is 10.0 Å². The summed E-state index contributed by atoms with van der Waals surface area (Å²) in [4.78, 5) is 28.0. The number of nitrogens with one attached hydrogen (secondary N) is 1. The molecule has 2 aromatic carbocycles. The van der Waals surface area contributed by atoms with E-state index in [1.165, 1.54) is 18.2 Å². The molecule has 0 unspecified atom stereocenters. The molecule has 0 aliphatic rings. The van der Waals surface area contributed by atoms with Gasteiger partial charge in [0.1, 0.15) is 12.4 Å². The van der Waals surface area contributed by atoms with Crippen LogP contribution >= 0.6 is 23.2 Å². The molecule has 3 rings (SSSR count). The van der Waals surface area contributed by atoms with Crippen LogP contribution in [-0.2, 0) is 6.61 Å². The molecule has 1 heterocycles. The molecule has 0 saturated carbocycles. The minimum atomic E-state index is -1.01. The lowest BCUT2D eigenvalue weighted by molar-refractivity contribution is 0.0696. The van der Waals surface area contributed by atoms with Crippen molar-refractivity contribution >= 4 is 35.1 Å². The minimum absolute atomic E-state index is 0.0911. The van der Waals surface area contributed by atoms with E-state index in [0.29, 0.717) is 21.5 Å². The van der Waals surface area contributed by atoms with Gasteiger partial charge in [0.2, 0.25) is 0 Å². The molecule has 2 N–H and O–H groups in total. The Labute approximate surface area is 183 Å². The Balaban J connectivity index is 1.75. The van der Waals surface area contributed by atoms with Crippen LogP contribution in [0.3, 0.4) is 0 Å². The first-order chi connectivity index (χ1) is 14.3. The highest BCUT2D eigenvalue weighted by Gasteiger charge is 2.17. The number of ether oxygens (including phenoxy) is 1. The molecule has 3 aromatic rings. The third kappa shape index (κ3) is 5.28. The molecule has 0 saturated heterocycles. The number of benzene rings is 2. The van der Waals surface area contributed by atoms with Crippen LogP contribution in [-0.4, -0.2) is 22.0 Å². The summed E-state index contributed by atoms with van der Waals surface area (Å²) in [6.07, 6.45) is 1.61. The van der Waals surface area contributed by atoms with Gasteiger partial charge >= 0.3 is 5.97 Å². The lowest BCUT2D eigenvalue weighted by atomic mass is 10.1. The minimum Gasteiger partial charge on any atom is -0.486 e. The molecular formula is C22H18Cl2N2O4. The number of aromatic carboxylic acids is 1. The van der Waals surface area contributed by atoms with Crippen LogP contribution in [0.1, 0.15) is 44.9 Å². The maximum Gasteiger partial charge on any atom is 0.335 e. The summed E-state index contributed by atoms with van der Waals surface area (Å²) >= 11 is 12.2.